The molecule has 5 heteroatoms. The molecule has 0 atom stereocenters. The van der Waals surface area contributed by atoms with E-state index < -0.39 is 0 Å². The number of rotatable bonds is 1. The lowest BCUT2D eigenvalue weighted by atomic mass is 10.3. The number of anilines is 1. The van der Waals surface area contributed by atoms with Gasteiger partial charge in [0.1, 0.15) is 0 Å². The Balaban J connectivity index is 2.30. The van der Waals surface area contributed by atoms with Crippen LogP contribution in [-0.2, 0) is 13.1 Å². The smallest absolute Gasteiger partial charge is 0.275 e. The molecule has 1 aliphatic rings. The molecule has 0 saturated heterocycles. The van der Waals surface area contributed by atoms with E-state index in [-0.39, 0.29) is 6.54 Å². The maximum atomic E-state index is 6.77. The molecule has 1 aliphatic heterocycles. The van der Waals surface area contributed by atoms with Crippen LogP contribution in [0.1, 0.15) is 18.7 Å². The van der Waals surface area contributed by atoms with Gasteiger partial charge in [-0.1, -0.05) is 0 Å². The first kappa shape index (κ1) is 9.00. The third-order valence-corrected chi connectivity index (χ3v) is 2.37. The SMILES string of the molecule is [C-]#[N+]Cc1nc2n(n1)CCCCN2C. The van der Waals surface area contributed by atoms with Crippen molar-refractivity contribution in [2.24, 2.45) is 0 Å². The summed E-state index contributed by atoms with van der Waals surface area (Å²) in [5, 5.41) is 4.30. The minimum atomic E-state index is 0.286. The third kappa shape index (κ3) is 1.55. The third-order valence-electron chi connectivity index (χ3n) is 2.37. The van der Waals surface area contributed by atoms with Crippen LogP contribution in [0.5, 0.6) is 0 Å². The second kappa shape index (κ2) is 3.66. The first-order valence-corrected chi connectivity index (χ1v) is 4.79. The van der Waals surface area contributed by atoms with Crippen LogP contribution in [-0.4, -0.2) is 28.4 Å². The molecule has 0 aromatic carbocycles. The van der Waals surface area contributed by atoms with Gasteiger partial charge in [0.15, 0.2) is 0 Å². The fourth-order valence-electron chi connectivity index (χ4n) is 1.66. The molecule has 1 aromatic heterocycles. The molecule has 1 aromatic rings. The molecule has 0 unspecified atom stereocenters. The highest BCUT2D eigenvalue weighted by Gasteiger charge is 2.17. The fraction of sp³-hybridized carbons (Fsp3) is 0.667. The summed E-state index contributed by atoms with van der Waals surface area (Å²) in [6, 6.07) is 0. The minimum absolute atomic E-state index is 0.286. The monoisotopic (exact) mass is 191 g/mol. The number of fused-ring (bicyclic) bond motifs is 1. The second-order valence-corrected chi connectivity index (χ2v) is 3.50. The number of aromatic nitrogens is 3. The minimum Gasteiger partial charge on any atom is -0.344 e. The summed E-state index contributed by atoms with van der Waals surface area (Å²) in [6.45, 7) is 9.00. The first-order chi connectivity index (χ1) is 6.81. The highest BCUT2D eigenvalue weighted by molar-refractivity contribution is 5.29. The van der Waals surface area contributed by atoms with Crippen LogP contribution >= 0.6 is 0 Å². The molecular formula is C9H13N5. The average molecular weight is 191 g/mol. The zero-order valence-corrected chi connectivity index (χ0v) is 8.27. The molecule has 0 aliphatic carbocycles. The number of hydrogen-bond donors (Lipinski definition) is 0. The molecule has 14 heavy (non-hydrogen) atoms. The maximum Gasteiger partial charge on any atom is 0.275 e. The summed E-state index contributed by atoms with van der Waals surface area (Å²) < 4.78 is 1.91. The van der Waals surface area contributed by atoms with Crippen molar-refractivity contribution in [3.8, 4) is 0 Å². The van der Waals surface area contributed by atoms with Gasteiger partial charge in [-0.2, -0.15) is 4.98 Å². The quantitative estimate of drug-likeness (QED) is 0.620. The van der Waals surface area contributed by atoms with Crippen molar-refractivity contribution in [2.75, 3.05) is 18.5 Å². The Bertz CT molecular complexity index is 362. The molecule has 0 N–H and O–H groups in total. The van der Waals surface area contributed by atoms with Crippen LogP contribution in [0, 0.1) is 6.57 Å². The Kier molecular flexibility index (Phi) is 2.35. The Hall–Kier alpha value is -1.57. The normalized spacial score (nSPS) is 15.9. The van der Waals surface area contributed by atoms with Gasteiger partial charge in [-0.25, -0.2) is 11.3 Å². The highest BCUT2D eigenvalue weighted by Crippen LogP contribution is 2.16. The lowest BCUT2D eigenvalue weighted by Gasteiger charge is -2.13. The van der Waals surface area contributed by atoms with Crippen LogP contribution in [0.2, 0.25) is 0 Å². The molecule has 74 valence electrons. The molecule has 0 amide bonds. The summed E-state index contributed by atoms with van der Waals surface area (Å²) >= 11 is 0. The van der Waals surface area contributed by atoms with E-state index in [1.54, 1.807) is 0 Å². The van der Waals surface area contributed by atoms with E-state index in [2.05, 4.69) is 19.8 Å². The molecule has 0 spiro atoms. The van der Waals surface area contributed by atoms with E-state index in [4.69, 9.17) is 6.57 Å². The van der Waals surface area contributed by atoms with Gasteiger partial charge in [0.2, 0.25) is 11.8 Å². The maximum absolute atomic E-state index is 6.77. The molecule has 2 rings (SSSR count). The Morgan fingerprint density at radius 2 is 2.21 bits per heavy atom. The second-order valence-electron chi connectivity index (χ2n) is 3.50. The van der Waals surface area contributed by atoms with Gasteiger partial charge in [0.05, 0.1) is 0 Å². The van der Waals surface area contributed by atoms with E-state index in [1.165, 1.54) is 6.42 Å². The van der Waals surface area contributed by atoms with Crippen LogP contribution in [0.4, 0.5) is 5.95 Å². The van der Waals surface area contributed by atoms with E-state index in [0.717, 1.165) is 25.5 Å². The average Bonchev–Trinajstić information content (AvgIpc) is 2.49. The Morgan fingerprint density at radius 1 is 1.43 bits per heavy atom. The van der Waals surface area contributed by atoms with Crippen molar-refractivity contribution >= 4 is 5.95 Å². The van der Waals surface area contributed by atoms with E-state index >= 15 is 0 Å². The van der Waals surface area contributed by atoms with Gasteiger partial charge in [0, 0.05) is 20.1 Å². The van der Waals surface area contributed by atoms with E-state index in [9.17, 15) is 0 Å². The Labute approximate surface area is 83.2 Å². The van der Waals surface area contributed by atoms with Crippen LogP contribution < -0.4 is 4.90 Å². The van der Waals surface area contributed by atoms with Crippen molar-refractivity contribution in [1.82, 2.24) is 14.8 Å². The largest absolute Gasteiger partial charge is 0.344 e. The van der Waals surface area contributed by atoms with Crippen LogP contribution in [0.25, 0.3) is 4.85 Å². The van der Waals surface area contributed by atoms with E-state index in [0.29, 0.717) is 5.82 Å². The van der Waals surface area contributed by atoms with Gasteiger partial charge in [-0.05, 0) is 12.8 Å². The van der Waals surface area contributed by atoms with Gasteiger partial charge in [0.25, 0.3) is 6.54 Å². The van der Waals surface area contributed by atoms with Crippen molar-refractivity contribution in [3.63, 3.8) is 0 Å². The molecule has 0 bridgehead atoms. The highest BCUT2D eigenvalue weighted by atomic mass is 15.4. The number of aryl methyl sites for hydroxylation is 1. The summed E-state index contributed by atoms with van der Waals surface area (Å²) in [4.78, 5) is 9.74. The van der Waals surface area contributed by atoms with Crippen LogP contribution in [0.3, 0.4) is 0 Å². The summed E-state index contributed by atoms with van der Waals surface area (Å²) in [7, 11) is 2.02. The van der Waals surface area contributed by atoms with Crippen molar-refractivity contribution < 1.29 is 0 Å². The zero-order chi connectivity index (χ0) is 9.97. The van der Waals surface area contributed by atoms with Gasteiger partial charge in [-0.3, -0.25) is 0 Å². The van der Waals surface area contributed by atoms with Crippen LogP contribution in [0.15, 0.2) is 0 Å². The molecule has 0 fully saturated rings. The van der Waals surface area contributed by atoms with Crippen molar-refractivity contribution in [1.29, 1.82) is 0 Å². The number of hydrogen-bond acceptors (Lipinski definition) is 3. The first-order valence-electron chi connectivity index (χ1n) is 4.79. The van der Waals surface area contributed by atoms with Gasteiger partial charge in [-0.15, -0.1) is 5.10 Å². The lowest BCUT2D eigenvalue weighted by molar-refractivity contribution is 0.588. The zero-order valence-electron chi connectivity index (χ0n) is 8.27. The van der Waals surface area contributed by atoms with Crippen molar-refractivity contribution in [2.45, 2.75) is 25.9 Å². The molecule has 0 radical (unpaired) electrons. The van der Waals surface area contributed by atoms with Gasteiger partial charge < -0.3 is 9.74 Å². The van der Waals surface area contributed by atoms with Crippen molar-refractivity contribution in [3.05, 3.63) is 17.2 Å². The van der Waals surface area contributed by atoms with Gasteiger partial charge >= 0.3 is 0 Å². The number of nitrogens with zero attached hydrogens (tertiary/aromatic N) is 5. The summed E-state index contributed by atoms with van der Waals surface area (Å²) in [5.41, 5.74) is 0. The Morgan fingerprint density at radius 3 is 3.00 bits per heavy atom. The topological polar surface area (TPSA) is 38.3 Å². The molecule has 0 saturated carbocycles. The fourth-order valence-corrected chi connectivity index (χ4v) is 1.66. The predicted molar refractivity (Wildman–Crippen MR) is 52.8 cm³/mol. The lowest BCUT2D eigenvalue weighted by Crippen LogP contribution is -2.19. The standard InChI is InChI=1S/C9H13N5/c1-10-7-8-11-9-13(2)5-3-4-6-14(9)12-8/h3-7H2,2H3. The molecule has 5 nitrogen and oxygen atoms in total. The van der Waals surface area contributed by atoms with E-state index in [1.807, 2.05) is 11.7 Å². The molecular weight excluding hydrogens is 178 g/mol. The summed E-state index contributed by atoms with van der Waals surface area (Å²) in [5.74, 6) is 1.55. The molecule has 2 heterocycles. The summed E-state index contributed by atoms with van der Waals surface area (Å²) in [6.07, 6.45) is 2.32. The predicted octanol–water partition coefficient (Wildman–Crippen LogP) is 0.927.